The molecule has 0 unspecified atom stereocenters. The van der Waals surface area contributed by atoms with Gasteiger partial charge in [-0.05, 0) is 0 Å². The lowest BCUT2D eigenvalue weighted by molar-refractivity contribution is -0.132. The Morgan fingerprint density at radius 1 is 1.75 bits per heavy atom. The number of nitrogens with zero attached hydrogens (tertiary/aromatic N) is 4. The summed E-state index contributed by atoms with van der Waals surface area (Å²) >= 11 is 0. The molecule has 6 nitrogen and oxygen atoms in total. The Balaban J connectivity index is 2.76. The number of hydroxylamine groups is 2. The first-order chi connectivity index (χ1) is 5.65. The van der Waals surface area contributed by atoms with Crippen LogP contribution < -0.4 is 5.69 Å². The highest BCUT2D eigenvalue weighted by atomic mass is 16.7. The van der Waals surface area contributed by atoms with Crippen LogP contribution in [0.3, 0.4) is 0 Å². The summed E-state index contributed by atoms with van der Waals surface area (Å²) in [5.74, 6) is 0. The molecule has 0 aliphatic carbocycles. The summed E-state index contributed by atoms with van der Waals surface area (Å²) in [4.78, 5) is 16.1. The Kier molecular flexibility index (Phi) is 2.61. The molecule has 0 aliphatic heterocycles. The largest absolute Gasteiger partial charge is 0.346 e. The molecule has 0 atom stereocenters. The minimum absolute atomic E-state index is 0.154. The van der Waals surface area contributed by atoms with E-state index >= 15 is 0 Å². The van der Waals surface area contributed by atoms with Crippen LogP contribution in [0.15, 0.2) is 11.1 Å². The Hall–Kier alpha value is -1.14. The monoisotopic (exact) mass is 172 g/mol. The number of aryl methyl sites for hydroxylation is 1. The number of hydrogen-bond donors (Lipinski definition) is 0. The van der Waals surface area contributed by atoms with Gasteiger partial charge in [0.05, 0.1) is 7.11 Å². The maximum atomic E-state index is 11.2. The third-order valence-electron chi connectivity index (χ3n) is 1.55. The minimum Gasteiger partial charge on any atom is -0.301 e. The molecule has 68 valence electrons. The maximum Gasteiger partial charge on any atom is 0.346 e. The van der Waals surface area contributed by atoms with E-state index in [0.717, 1.165) is 0 Å². The van der Waals surface area contributed by atoms with Gasteiger partial charge in [0, 0.05) is 14.1 Å². The summed E-state index contributed by atoms with van der Waals surface area (Å²) in [6.45, 7) is 0.378. The fraction of sp³-hybridized carbons (Fsp3) is 0.667. The average Bonchev–Trinajstić information content (AvgIpc) is 2.36. The lowest BCUT2D eigenvalue weighted by Crippen LogP contribution is -2.29. The maximum absolute atomic E-state index is 11.2. The van der Waals surface area contributed by atoms with E-state index in [9.17, 15) is 4.79 Å². The lowest BCUT2D eigenvalue weighted by Gasteiger charge is -2.11. The van der Waals surface area contributed by atoms with Gasteiger partial charge in [0.15, 0.2) is 0 Å². The molecule has 0 fully saturated rings. The van der Waals surface area contributed by atoms with E-state index < -0.39 is 0 Å². The zero-order chi connectivity index (χ0) is 9.14. The van der Waals surface area contributed by atoms with Gasteiger partial charge < -0.3 is 4.84 Å². The van der Waals surface area contributed by atoms with Crippen molar-refractivity contribution in [2.75, 3.05) is 14.2 Å². The van der Waals surface area contributed by atoms with Crippen LogP contribution >= 0.6 is 0 Å². The molecule has 0 aliphatic rings. The van der Waals surface area contributed by atoms with Gasteiger partial charge in [-0.15, -0.1) is 0 Å². The van der Waals surface area contributed by atoms with Crippen molar-refractivity contribution in [1.29, 1.82) is 0 Å². The number of rotatable bonds is 3. The van der Waals surface area contributed by atoms with Crippen molar-refractivity contribution in [3.63, 3.8) is 0 Å². The fourth-order valence-corrected chi connectivity index (χ4v) is 0.794. The minimum atomic E-state index is -0.154. The number of hydrogen-bond acceptors (Lipinski definition) is 4. The molecule has 1 aromatic rings. The first kappa shape index (κ1) is 8.95. The van der Waals surface area contributed by atoms with Crippen molar-refractivity contribution in [1.82, 2.24) is 19.4 Å². The van der Waals surface area contributed by atoms with Gasteiger partial charge in [-0.3, -0.25) is 4.57 Å². The smallest absolute Gasteiger partial charge is 0.301 e. The van der Waals surface area contributed by atoms with E-state index in [-0.39, 0.29) is 5.69 Å². The van der Waals surface area contributed by atoms with E-state index in [1.165, 1.54) is 20.6 Å². The molecule has 12 heavy (non-hydrogen) atoms. The predicted octanol–water partition coefficient (Wildman–Crippen LogP) is -0.967. The van der Waals surface area contributed by atoms with Crippen molar-refractivity contribution in [2.24, 2.45) is 7.05 Å². The molecule has 0 saturated heterocycles. The fourth-order valence-electron chi connectivity index (χ4n) is 0.794. The van der Waals surface area contributed by atoms with Gasteiger partial charge >= 0.3 is 5.69 Å². The van der Waals surface area contributed by atoms with Gasteiger partial charge in [0.1, 0.15) is 13.0 Å². The summed E-state index contributed by atoms with van der Waals surface area (Å²) in [5.41, 5.74) is -0.154. The van der Waals surface area contributed by atoms with Crippen LogP contribution in [0.1, 0.15) is 0 Å². The van der Waals surface area contributed by atoms with Crippen LogP contribution in [-0.4, -0.2) is 33.6 Å². The van der Waals surface area contributed by atoms with Crippen molar-refractivity contribution in [3.8, 4) is 0 Å². The molecule has 0 N–H and O–H groups in total. The highest BCUT2D eigenvalue weighted by Gasteiger charge is 2.02. The molecule has 0 spiro atoms. The highest BCUT2D eigenvalue weighted by molar-refractivity contribution is 4.64. The molecule has 1 rings (SSSR count). The van der Waals surface area contributed by atoms with Gasteiger partial charge in [-0.25, -0.2) is 9.48 Å². The van der Waals surface area contributed by atoms with Gasteiger partial charge in [0.25, 0.3) is 0 Å². The van der Waals surface area contributed by atoms with Gasteiger partial charge in [-0.2, -0.15) is 10.2 Å². The van der Waals surface area contributed by atoms with Crippen molar-refractivity contribution in [3.05, 3.63) is 16.8 Å². The zero-order valence-corrected chi connectivity index (χ0v) is 7.39. The topological polar surface area (TPSA) is 52.3 Å². The van der Waals surface area contributed by atoms with Crippen molar-refractivity contribution in [2.45, 2.75) is 6.67 Å². The lowest BCUT2D eigenvalue weighted by atomic mass is 10.9. The molecule has 1 aromatic heterocycles. The second-order valence-electron chi connectivity index (χ2n) is 2.46. The van der Waals surface area contributed by atoms with Crippen LogP contribution in [0.2, 0.25) is 0 Å². The summed E-state index contributed by atoms with van der Waals surface area (Å²) < 4.78 is 2.72. The van der Waals surface area contributed by atoms with Crippen LogP contribution in [-0.2, 0) is 18.6 Å². The third-order valence-corrected chi connectivity index (χ3v) is 1.55. The SMILES string of the molecule is CON(C)Cn1cnn(C)c1=O. The normalized spacial score (nSPS) is 11.0. The Labute approximate surface area is 69.9 Å². The van der Waals surface area contributed by atoms with E-state index in [2.05, 4.69) is 5.10 Å². The zero-order valence-electron chi connectivity index (χ0n) is 7.39. The molecule has 0 radical (unpaired) electrons. The Bertz CT molecular complexity index is 303. The summed E-state index contributed by atoms with van der Waals surface area (Å²) in [5, 5.41) is 5.32. The first-order valence-electron chi connectivity index (χ1n) is 3.49. The summed E-state index contributed by atoms with van der Waals surface area (Å²) in [6.07, 6.45) is 1.47. The first-order valence-corrected chi connectivity index (χ1v) is 3.49. The molecule has 0 saturated carbocycles. The number of aromatic nitrogens is 3. The van der Waals surface area contributed by atoms with E-state index in [0.29, 0.717) is 6.67 Å². The quantitative estimate of drug-likeness (QED) is 0.551. The van der Waals surface area contributed by atoms with Crippen LogP contribution in [0.4, 0.5) is 0 Å². The molecule has 6 heteroatoms. The second-order valence-corrected chi connectivity index (χ2v) is 2.46. The Morgan fingerprint density at radius 3 is 2.83 bits per heavy atom. The Morgan fingerprint density at radius 2 is 2.42 bits per heavy atom. The highest BCUT2D eigenvalue weighted by Crippen LogP contribution is 1.85. The van der Waals surface area contributed by atoms with E-state index in [1.54, 1.807) is 21.2 Å². The van der Waals surface area contributed by atoms with Gasteiger partial charge in [0.2, 0.25) is 0 Å². The van der Waals surface area contributed by atoms with Crippen LogP contribution in [0.5, 0.6) is 0 Å². The van der Waals surface area contributed by atoms with Crippen LogP contribution in [0.25, 0.3) is 0 Å². The molecule has 0 bridgehead atoms. The molecular weight excluding hydrogens is 160 g/mol. The molecule has 1 heterocycles. The van der Waals surface area contributed by atoms with Crippen molar-refractivity contribution >= 4 is 0 Å². The van der Waals surface area contributed by atoms with Gasteiger partial charge in [-0.1, -0.05) is 0 Å². The summed E-state index contributed by atoms with van der Waals surface area (Å²) in [6, 6.07) is 0. The van der Waals surface area contributed by atoms with Crippen molar-refractivity contribution < 1.29 is 4.84 Å². The molecule has 0 amide bonds. The molecule has 0 aromatic carbocycles. The standard InChI is InChI=1S/C6H12N4O2/c1-8(12-3)5-10-4-7-9(2)6(10)11/h4H,5H2,1-3H3. The van der Waals surface area contributed by atoms with Crippen LogP contribution in [0, 0.1) is 0 Å². The van der Waals surface area contributed by atoms with E-state index in [1.807, 2.05) is 0 Å². The third kappa shape index (κ3) is 1.72. The van der Waals surface area contributed by atoms with E-state index in [4.69, 9.17) is 4.84 Å². The summed E-state index contributed by atoms with van der Waals surface area (Å²) in [7, 11) is 4.88. The predicted molar refractivity (Wildman–Crippen MR) is 42.2 cm³/mol. The molecular formula is C6H12N4O2. The second kappa shape index (κ2) is 3.51. The average molecular weight is 172 g/mol.